The predicted molar refractivity (Wildman–Crippen MR) is 114 cm³/mol. The normalized spacial score (nSPS) is 12.2. The lowest BCUT2D eigenvalue weighted by atomic mass is 9.79. The first-order valence-electron chi connectivity index (χ1n) is 8.46. The Morgan fingerprint density at radius 2 is 1.46 bits per heavy atom. The average molecular weight is 355 g/mol. The molecule has 3 N–H and O–H groups in total. The van der Waals surface area contributed by atoms with Crippen LogP contribution in [0.25, 0.3) is 0 Å². The summed E-state index contributed by atoms with van der Waals surface area (Å²) in [7, 11) is 0. The smallest absolute Gasteiger partial charge is 0.0621 e. The highest BCUT2D eigenvalue weighted by Crippen LogP contribution is 2.32. The van der Waals surface area contributed by atoms with E-state index in [2.05, 4.69) is 40.9 Å². The fraction of sp³-hybridized carbons (Fsp3) is 0.571. The van der Waals surface area contributed by atoms with Crippen LogP contribution < -0.4 is 5.73 Å². The fourth-order valence-corrected chi connectivity index (χ4v) is 1.57. The maximum Gasteiger partial charge on any atom is 0.0621 e. The van der Waals surface area contributed by atoms with Crippen molar-refractivity contribution in [3.8, 4) is 0 Å². The molecule has 0 amide bonds. The molecule has 0 atom stereocenters. The van der Waals surface area contributed by atoms with Crippen molar-refractivity contribution >= 4 is 17.3 Å². The van der Waals surface area contributed by atoms with Crippen LogP contribution in [0, 0.1) is 16.7 Å². The summed E-state index contributed by atoms with van der Waals surface area (Å²) in [6, 6.07) is 0. The minimum absolute atomic E-state index is 0.0162. The van der Waals surface area contributed by atoms with Gasteiger partial charge in [-0.3, -0.25) is 0 Å². The van der Waals surface area contributed by atoms with Gasteiger partial charge in [0.1, 0.15) is 0 Å². The first kappa shape index (κ1) is 27.6. The molecule has 0 saturated heterocycles. The Balaban J connectivity index is -0.000000337. The monoisotopic (exact) mass is 354 g/mol. The first-order chi connectivity index (χ1) is 10.7. The summed E-state index contributed by atoms with van der Waals surface area (Å²) in [5.41, 5.74) is 9.88. The third-order valence-corrected chi connectivity index (χ3v) is 4.52. The SMILES string of the molecule is C=C(C)C(C)(C)/C(C)=C/C(C)=N.C=C(N)/C(Cl)=C(/C)C(C)C.CC. The molecule has 0 heterocycles. The van der Waals surface area contributed by atoms with Crippen LogP contribution in [0.3, 0.4) is 0 Å². The summed E-state index contributed by atoms with van der Waals surface area (Å²) in [5.74, 6) is 0.438. The molecule has 0 rings (SSSR count). The lowest BCUT2D eigenvalue weighted by Gasteiger charge is -2.26. The van der Waals surface area contributed by atoms with E-state index in [1.807, 2.05) is 40.7 Å². The quantitative estimate of drug-likeness (QED) is 0.305. The van der Waals surface area contributed by atoms with E-state index in [-0.39, 0.29) is 5.41 Å². The fourth-order valence-electron chi connectivity index (χ4n) is 1.35. The topological polar surface area (TPSA) is 49.9 Å². The van der Waals surface area contributed by atoms with Crippen LogP contribution in [0.5, 0.6) is 0 Å². The van der Waals surface area contributed by atoms with Gasteiger partial charge in [0.2, 0.25) is 0 Å². The number of rotatable bonds is 5. The molecule has 3 heteroatoms. The minimum atomic E-state index is 0.0162. The second-order valence-corrected chi connectivity index (χ2v) is 6.97. The molecule has 24 heavy (non-hydrogen) atoms. The Morgan fingerprint density at radius 1 is 1.08 bits per heavy atom. The van der Waals surface area contributed by atoms with Crippen LogP contribution in [-0.2, 0) is 0 Å². The van der Waals surface area contributed by atoms with Crippen molar-refractivity contribution in [2.24, 2.45) is 17.1 Å². The zero-order chi connectivity index (χ0) is 20.2. The summed E-state index contributed by atoms with van der Waals surface area (Å²) < 4.78 is 0. The van der Waals surface area contributed by atoms with E-state index >= 15 is 0 Å². The number of hydrogen-bond donors (Lipinski definition) is 2. The number of halogens is 1. The lowest BCUT2D eigenvalue weighted by molar-refractivity contribution is 0.541. The molecule has 0 aromatic carbocycles. The maximum absolute atomic E-state index is 7.34. The molecule has 2 nitrogen and oxygen atoms in total. The Kier molecular flexibility index (Phi) is 15.0. The van der Waals surface area contributed by atoms with Gasteiger partial charge in [0, 0.05) is 16.8 Å². The van der Waals surface area contributed by atoms with Crippen LogP contribution in [-0.4, -0.2) is 5.71 Å². The largest absolute Gasteiger partial charge is 0.398 e. The van der Waals surface area contributed by atoms with Gasteiger partial charge in [-0.25, -0.2) is 0 Å². The van der Waals surface area contributed by atoms with Gasteiger partial charge in [-0.1, -0.05) is 83.0 Å². The molecule has 0 unspecified atom stereocenters. The Labute approximate surface area is 156 Å². The summed E-state index contributed by atoms with van der Waals surface area (Å²) in [6.07, 6.45) is 1.90. The lowest BCUT2D eigenvalue weighted by Crippen LogP contribution is -2.14. The van der Waals surface area contributed by atoms with Crippen LogP contribution in [0.1, 0.15) is 69.2 Å². The van der Waals surface area contributed by atoms with Crippen LogP contribution in [0.2, 0.25) is 0 Å². The summed E-state index contributed by atoms with van der Waals surface area (Å²) in [4.78, 5) is 0. The van der Waals surface area contributed by atoms with Crippen LogP contribution in [0.15, 0.2) is 46.7 Å². The molecule has 0 fully saturated rings. The molecule has 0 aliphatic rings. The van der Waals surface area contributed by atoms with E-state index in [1.165, 1.54) is 5.57 Å². The highest BCUT2D eigenvalue weighted by Gasteiger charge is 2.20. The van der Waals surface area contributed by atoms with Gasteiger partial charge in [-0.15, -0.1) is 0 Å². The summed E-state index contributed by atoms with van der Waals surface area (Å²) in [5, 5.41) is 7.95. The molecular formula is C21H39ClN2. The van der Waals surface area contributed by atoms with E-state index < -0.39 is 0 Å². The number of nitrogens with two attached hydrogens (primary N) is 1. The van der Waals surface area contributed by atoms with E-state index in [0.29, 0.717) is 22.4 Å². The van der Waals surface area contributed by atoms with Crippen molar-refractivity contribution in [2.75, 3.05) is 0 Å². The molecule has 0 saturated carbocycles. The highest BCUT2D eigenvalue weighted by atomic mass is 35.5. The van der Waals surface area contributed by atoms with Crippen molar-refractivity contribution in [1.82, 2.24) is 0 Å². The molecule has 0 bridgehead atoms. The zero-order valence-electron chi connectivity index (χ0n) is 17.5. The first-order valence-corrected chi connectivity index (χ1v) is 8.83. The van der Waals surface area contributed by atoms with Gasteiger partial charge in [0.05, 0.1) is 5.03 Å². The van der Waals surface area contributed by atoms with E-state index in [0.717, 1.165) is 11.1 Å². The van der Waals surface area contributed by atoms with Crippen molar-refractivity contribution < 1.29 is 0 Å². The summed E-state index contributed by atoms with van der Waals surface area (Å²) in [6.45, 7) is 27.7. The third kappa shape index (κ3) is 11.3. The maximum atomic E-state index is 7.34. The molecule has 0 aliphatic carbocycles. The molecule has 0 spiro atoms. The second kappa shape index (κ2) is 13.1. The van der Waals surface area contributed by atoms with E-state index in [4.69, 9.17) is 22.7 Å². The average Bonchev–Trinajstić information content (AvgIpc) is 2.47. The number of hydrogen-bond acceptors (Lipinski definition) is 2. The van der Waals surface area contributed by atoms with Gasteiger partial charge in [-0.05, 0) is 39.7 Å². The molecule has 140 valence electrons. The van der Waals surface area contributed by atoms with Gasteiger partial charge < -0.3 is 11.1 Å². The summed E-state index contributed by atoms with van der Waals surface area (Å²) >= 11 is 5.82. The third-order valence-electron chi connectivity index (χ3n) is 3.98. The van der Waals surface area contributed by atoms with Gasteiger partial charge in [-0.2, -0.15) is 0 Å². The van der Waals surface area contributed by atoms with Crippen molar-refractivity contribution in [3.05, 3.63) is 46.7 Å². The van der Waals surface area contributed by atoms with E-state index in [1.54, 1.807) is 6.92 Å². The van der Waals surface area contributed by atoms with Crippen molar-refractivity contribution in [1.29, 1.82) is 5.41 Å². The number of allylic oxidation sites excluding steroid dienone is 5. The Morgan fingerprint density at radius 3 is 1.62 bits per heavy atom. The molecular weight excluding hydrogens is 316 g/mol. The highest BCUT2D eigenvalue weighted by molar-refractivity contribution is 6.32. The standard InChI is InChI=1S/C11H19N.C8H14ClN.C2H6/c1-8(2)11(5,6)9(3)7-10(4)12;1-5(2)6(3)8(9)7(4)10;1-2/h7,12H,1H2,2-6H3;5H,4,10H2,1-3H3;1-2H3/b9-7+,12-10?;8-6+;. The van der Waals surface area contributed by atoms with Gasteiger partial charge in [0.15, 0.2) is 0 Å². The van der Waals surface area contributed by atoms with Gasteiger partial charge >= 0.3 is 0 Å². The number of nitrogens with one attached hydrogen (secondary N) is 1. The molecule has 0 radical (unpaired) electrons. The van der Waals surface area contributed by atoms with Crippen LogP contribution in [0.4, 0.5) is 0 Å². The molecule has 0 aromatic heterocycles. The van der Waals surface area contributed by atoms with Gasteiger partial charge in [0.25, 0.3) is 0 Å². The molecule has 0 aliphatic heterocycles. The van der Waals surface area contributed by atoms with Crippen molar-refractivity contribution in [3.63, 3.8) is 0 Å². The zero-order valence-corrected chi connectivity index (χ0v) is 18.3. The van der Waals surface area contributed by atoms with Crippen LogP contribution >= 0.6 is 11.6 Å². The minimum Gasteiger partial charge on any atom is -0.398 e. The Hall–Kier alpha value is -1.28. The molecule has 0 aromatic rings. The van der Waals surface area contributed by atoms with Crippen molar-refractivity contribution in [2.45, 2.75) is 69.2 Å². The second-order valence-electron chi connectivity index (χ2n) is 6.59. The Bertz CT molecular complexity index is 492. The predicted octanol–water partition coefficient (Wildman–Crippen LogP) is 7.23. The van der Waals surface area contributed by atoms with E-state index in [9.17, 15) is 0 Å².